The first-order valence-electron chi connectivity index (χ1n) is 6.40. The zero-order valence-corrected chi connectivity index (χ0v) is 12.6. The molecule has 0 aliphatic heterocycles. The first-order valence-corrected chi connectivity index (χ1v) is 7.88. The van der Waals surface area contributed by atoms with Gasteiger partial charge in [-0.3, -0.25) is 9.78 Å². The lowest BCUT2D eigenvalue weighted by molar-refractivity contribution is 0.101. The molecular formula is C15H16N2O3S. The highest BCUT2D eigenvalue weighted by Gasteiger charge is 2.18. The summed E-state index contributed by atoms with van der Waals surface area (Å²) in [7, 11) is -3.68. The molecule has 0 amide bonds. The van der Waals surface area contributed by atoms with Crippen LogP contribution in [0.15, 0.2) is 47.6 Å². The Bertz CT molecular complexity index is 756. The summed E-state index contributed by atoms with van der Waals surface area (Å²) in [6, 6.07) is 8.19. The Morgan fingerprint density at radius 3 is 2.67 bits per heavy atom. The van der Waals surface area contributed by atoms with E-state index in [1.807, 2.05) is 0 Å². The molecule has 0 fully saturated rings. The molecule has 1 aromatic heterocycles. The largest absolute Gasteiger partial charge is 0.295 e. The number of hydrogen-bond acceptors (Lipinski definition) is 4. The van der Waals surface area contributed by atoms with Gasteiger partial charge in [-0.2, -0.15) is 0 Å². The number of pyridine rings is 1. The third kappa shape index (κ3) is 3.74. The Morgan fingerprint density at radius 1 is 1.29 bits per heavy atom. The number of benzene rings is 1. The molecule has 0 aliphatic carbocycles. The highest BCUT2D eigenvalue weighted by Crippen LogP contribution is 2.17. The molecule has 1 N–H and O–H groups in total. The smallest absolute Gasteiger partial charge is 0.241 e. The van der Waals surface area contributed by atoms with Crippen LogP contribution in [0.4, 0.5) is 0 Å². The molecule has 21 heavy (non-hydrogen) atoms. The SMILES string of the molecule is CC(=O)c1ccc(C)c(S(=O)(=O)NCc2cccnc2)c1. The number of sulfonamides is 1. The number of nitrogens with one attached hydrogen (secondary N) is 1. The minimum Gasteiger partial charge on any atom is -0.295 e. The van der Waals surface area contributed by atoms with E-state index in [-0.39, 0.29) is 17.2 Å². The summed E-state index contributed by atoms with van der Waals surface area (Å²) in [5.74, 6) is -0.168. The van der Waals surface area contributed by atoms with E-state index in [1.54, 1.807) is 43.6 Å². The summed E-state index contributed by atoms with van der Waals surface area (Å²) in [6.07, 6.45) is 3.22. The molecule has 0 saturated carbocycles. The van der Waals surface area contributed by atoms with E-state index in [0.29, 0.717) is 11.1 Å². The van der Waals surface area contributed by atoms with E-state index in [9.17, 15) is 13.2 Å². The monoisotopic (exact) mass is 304 g/mol. The summed E-state index contributed by atoms with van der Waals surface area (Å²) in [6.45, 7) is 3.26. The molecule has 0 unspecified atom stereocenters. The third-order valence-electron chi connectivity index (χ3n) is 3.07. The van der Waals surface area contributed by atoms with Crippen molar-refractivity contribution in [3.05, 3.63) is 59.4 Å². The number of ketones is 1. The van der Waals surface area contributed by atoms with Crippen molar-refractivity contribution in [2.24, 2.45) is 0 Å². The number of hydrogen-bond donors (Lipinski definition) is 1. The number of carbonyl (C=O) groups excluding carboxylic acids is 1. The standard InChI is InChI=1S/C15H16N2O3S/c1-11-5-6-14(12(2)18)8-15(11)21(19,20)17-10-13-4-3-7-16-9-13/h3-9,17H,10H2,1-2H3. The molecule has 1 aromatic carbocycles. The molecule has 110 valence electrons. The molecule has 0 radical (unpaired) electrons. The van der Waals surface area contributed by atoms with Crippen LogP contribution in [0.25, 0.3) is 0 Å². The quantitative estimate of drug-likeness (QED) is 0.858. The fourth-order valence-corrected chi connectivity index (χ4v) is 3.15. The first kappa shape index (κ1) is 15.3. The number of carbonyl (C=O) groups is 1. The Morgan fingerprint density at radius 2 is 2.05 bits per heavy atom. The molecule has 0 bridgehead atoms. The van der Waals surface area contributed by atoms with Crippen LogP contribution in [0.1, 0.15) is 28.4 Å². The lowest BCUT2D eigenvalue weighted by atomic mass is 10.1. The van der Waals surface area contributed by atoms with Crippen LogP contribution in [0.3, 0.4) is 0 Å². The third-order valence-corrected chi connectivity index (χ3v) is 4.62. The molecule has 2 aromatic rings. The molecule has 5 nitrogen and oxygen atoms in total. The topological polar surface area (TPSA) is 76.1 Å². The normalized spacial score (nSPS) is 11.3. The molecule has 2 rings (SSSR count). The maximum Gasteiger partial charge on any atom is 0.241 e. The Labute approximate surface area is 124 Å². The number of aromatic nitrogens is 1. The highest BCUT2D eigenvalue weighted by atomic mass is 32.2. The van der Waals surface area contributed by atoms with Gasteiger partial charge in [0, 0.05) is 24.5 Å². The highest BCUT2D eigenvalue weighted by molar-refractivity contribution is 7.89. The van der Waals surface area contributed by atoms with Crippen LogP contribution >= 0.6 is 0 Å². The van der Waals surface area contributed by atoms with Crippen LogP contribution < -0.4 is 4.72 Å². The van der Waals surface area contributed by atoms with Crippen molar-refractivity contribution in [1.82, 2.24) is 9.71 Å². The Balaban J connectivity index is 2.27. The van der Waals surface area contributed by atoms with Crippen molar-refractivity contribution in [1.29, 1.82) is 0 Å². The molecule has 0 spiro atoms. The average Bonchev–Trinajstić information content (AvgIpc) is 2.46. The van der Waals surface area contributed by atoms with Crippen LogP contribution in [0.2, 0.25) is 0 Å². The second-order valence-electron chi connectivity index (χ2n) is 4.72. The van der Waals surface area contributed by atoms with Crippen molar-refractivity contribution in [2.75, 3.05) is 0 Å². The van der Waals surface area contributed by atoms with E-state index in [0.717, 1.165) is 5.56 Å². The van der Waals surface area contributed by atoms with Crippen molar-refractivity contribution in [2.45, 2.75) is 25.3 Å². The number of nitrogens with zero attached hydrogens (tertiary/aromatic N) is 1. The lowest BCUT2D eigenvalue weighted by Crippen LogP contribution is -2.24. The fourth-order valence-electron chi connectivity index (χ4n) is 1.87. The van der Waals surface area contributed by atoms with Gasteiger partial charge in [-0.05, 0) is 37.1 Å². The summed E-state index contributed by atoms with van der Waals surface area (Å²) in [5.41, 5.74) is 1.74. The predicted octanol–water partition coefficient (Wildman–Crippen LogP) is 2.07. The summed E-state index contributed by atoms with van der Waals surface area (Å²) in [4.78, 5) is 15.4. The number of Topliss-reactive ketones (excluding diaryl/α,β-unsaturated/α-hetero) is 1. The Hall–Kier alpha value is -2.05. The van der Waals surface area contributed by atoms with E-state index < -0.39 is 10.0 Å². The molecule has 0 atom stereocenters. The molecular weight excluding hydrogens is 288 g/mol. The predicted molar refractivity (Wildman–Crippen MR) is 79.4 cm³/mol. The van der Waals surface area contributed by atoms with Gasteiger partial charge in [0.1, 0.15) is 0 Å². The maximum absolute atomic E-state index is 12.4. The molecule has 1 heterocycles. The lowest BCUT2D eigenvalue weighted by Gasteiger charge is -2.10. The first-order chi connectivity index (χ1) is 9.90. The Kier molecular flexibility index (Phi) is 4.50. The zero-order chi connectivity index (χ0) is 15.5. The van der Waals surface area contributed by atoms with Crippen LogP contribution in [0, 0.1) is 6.92 Å². The van der Waals surface area contributed by atoms with Crippen LogP contribution in [0.5, 0.6) is 0 Å². The van der Waals surface area contributed by atoms with Gasteiger partial charge in [0.2, 0.25) is 10.0 Å². The van der Waals surface area contributed by atoms with Gasteiger partial charge in [-0.15, -0.1) is 0 Å². The zero-order valence-electron chi connectivity index (χ0n) is 11.8. The van der Waals surface area contributed by atoms with Crippen molar-refractivity contribution < 1.29 is 13.2 Å². The molecule has 6 heteroatoms. The summed E-state index contributed by atoms with van der Waals surface area (Å²) in [5, 5.41) is 0. The van der Waals surface area contributed by atoms with Crippen molar-refractivity contribution in [3.8, 4) is 0 Å². The van der Waals surface area contributed by atoms with Crippen molar-refractivity contribution >= 4 is 15.8 Å². The van der Waals surface area contributed by atoms with Gasteiger partial charge in [0.15, 0.2) is 5.78 Å². The van der Waals surface area contributed by atoms with Gasteiger partial charge < -0.3 is 0 Å². The average molecular weight is 304 g/mol. The van der Waals surface area contributed by atoms with Crippen LogP contribution in [-0.2, 0) is 16.6 Å². The fraction of sp³-hybridized carbons (Fsp3) is 0.200. The number of aryl methyl sites for hydroxylation is 1. The molecule has 0 saturated heterocycles. The second-order valence-corrected chi connectivity index (χ2v) is 6.46. The minimum atomic E-state index is -3.68. The summed E-state index contributed by atoms with van der Waals surface area (Å²) < 4.78 is 27.2. The second kappa shape index (κ2) is 6.15. The van der Waals surface area contributed by atoms with Gasteiger partial charge >= 0.3 is 0 Å². The van der Waals surface area contributed by atoms with Gasteiger partial charge in [-0.25, -0.2) is 13.1 Å². The number of rotatable bonds is 5. The van der Waals surface area contributed by atoms with E-state index in [2.05, 4.69) is 9.71 Å². The van der Waals surface area contributed by atoms with Gasteiger partial charge in [0.05, 0.1) is 4.90 Å². The molecule has 0 aliphatic rings. The van der Waals surface area contributed by atoms with Crippen LogP contribution in [-0.4, -0.2) is 19.2 Å². The van der Waals surface area contributed by atoms with Gasteiger partial charge in [0.25, 0.3) is 0 Å². The summed E-state index contributed by atoms with van der Waals surface area (Å²) >= 11 is 0. The van der Waals surface area contributed by atoms with Crippen molar-refractivity contribution in [3.63, 3.8) is 0 Å². The minimum absolute atomic E-state index is 0.124. The maximum atomic E-state index is 12.4. The van der Waals surface area contributed by atoms with Gasteiger partial charge in [-0.1, -0.05) is 18.2 Å². The van der Waals surface area contributed by atoms with E-state index in [1.165, 1.54) is 13.0 Å². The van der Waals surface area contributed by atoms with E-state index >= 15 is 0 Å². The van der Waals surface area contributed by atoms with E-state index in [4.69, 9.17) is 0 Å².